The predicted octanol–water partition coefficient (Wildman–Crippen LogP) is 7.12. The molecule has 0 atom stereocenters. The highest BCUT2D eigenvalue weighted by atomic mass is 28.3. The fourth-order valence-electron chi connectivity index (χ4n) is 6.49. The predicted molar refractivity (Wildman–Crippen MR) is 149 cm³/mol. The first-order chi connectivity index (χ1) is 15.7. The molecule has 0 saturated carbocycles. The molecule has 0 N–H and O–H groups in total. The highest BCUT2D eigenvalue weighted by molar-refractivity contribution is 6.90. The van der Waals surface area contributed by atoms with E-state index in [-0.39, 0.29) is 5.41 Å². The summed E-state index contributed by atoms with van der Waals surface area (Å²) in [6.07, 6.45) is 0. The molecule has 2 aliphatic carbocycles. The van der Waals surface area contributed by atoms with Crippen LogP contribution in [-0.4, -0.2) is 16.1 Å². The summed E-state index contributed by atoms with van der Waals surface area (Å²) in [7, 11) is -3.09. The van der Waals surface area contributed by atoms with Crippen molar-refractivity contribution in [2.45, 2.75) is 44.7 Å². The second kappa shape index (κ2) is 6.68. The third kappa shape index (κ3) is 2.62. The zero-order valence-corrected chi connectivity index (χ0v) is 22.6. The largest absolute Gasteiger partial charge is 0.0784 e. The summed E-state index contributed by atoms with van der Waals surface area (Å²) < 4.78 is 0. The van der Waals surface area contributed by atoms with Crippen molar-refractivity contribution in [1.82, 2.24) is 0 Å². The van der Waals surface area contributed by atoms with Crippen LogP contribution in [-0.2, 0) is 5.41 Å². The van der Waals surface area contributed by atoms with Crippen LogP contribution in [0.4, 0.5) is 0 Å². The average molecular weight is 461 g/mol. The molecule has 0 nitrogen and oxygen atoms in total. The van der Waals surface area contributed by atoms with Crippen molar-refractivity contribution in [3.05, 3.63) is 107 Å². The molecule has 0 aliphatic heterocycles. The minimum absolute atomic E-state index is 0.219. The van der Waals surface area contributed by atoms with Crippen LogP contribution in [0.25, 0.3) is 22.3 Å². The van der Waals surface area contributed by atoms with E-state index in [0.29, 0.717) is 0 Å². The van der Waals surface area contributed by atoms with E-state index in [1.807, 2.05) is 0 Å². The van der Waals surface area contributed by atoms with Gasteiger partial charge in [-0.05, 0) is 44.5 Å². The van der Waals surface area contributed by atoms with Crippen molar-refractivity contribution >= 4 is 26.5 Å². The Morgan fingerprint density at radius 2 is 0.788 bits per heavy atom. The second-order valence-electron chi connectivity index (χ2n) is 11.8. The third-order valence-corrected chi connectivity index (χ3v) is 11.8. The van der Waals surface area contributed by atoms with E-state index in [0.717, 1.165) is 0 Å². The molecule has 6 rings (SSSR count). The van der Waals surface area contributed by atoms with Gasteiger partial charge in [-0.3, -0.25) is 0 Å². The topological polar surface area (TPSA) is 0 Å². The number of hydrogen-bond acceptors (Lipinski definition) is 0. The summed E-state index contributed by atoms with van der Waals surface area (Å²) in [6, 6.07) is 32.8. The average Bonchev–Trinajstić information content (AvgIpc) is 3.25. The maximum absolute atomic E-state index is 2.48. The van der Waals surface area contributed by atoms with Gasteiger partial charge in [0.05, 0.1) is 21.6 Å². The van der Waals surface area contributed by atoms with Crippen LogP contribution >= 0.6 is 0 Å². The smallest absolute Gasteiger partial charge is 0.0656 e. The maximum Gasteiger partial charge on any atom is 0.0784 e. The van der Waals surface area contributed by atoms with E-state index in [4.69, 9.17) is 0 Å². The van der Waals surface area contributed by atoms with Crippen LogP contribution < -0.4 is 10.4 Å². The van der Waals surface area contributed by atoms with Crippen molar-refractivity contribution in [2.75, 3.05) is 0 Å². The van der Waals surface area contributed by atoms with Gasteiger partial charge in [0.2, 0.25) is 0 Å². The van der Waals surface area contributed by atoms with Gasteiger partial charge in [0, 0.05) is 0 Å². The summed E-state index contributed by atoms with van der Waals surface area (Å²) in [6.45, 7) is 14.9. The monoisotopic (exact) mass is 460 g/mol. The number of hydrogen-bond donors (Lipinski definition) is 0. The number of fused-ring (bicyclic) bond motifs is 10. The molecular formula is C31H32Si2. The number of rotatable bonds is 2. The van der Waals surface area contributed by atoms with E-state index in [1.54, 1.807) is 10.4 Å². The molecule has 1 spiro atoms. The van der Waals surface area contributed by atoms with Crippen molar-refractivity contribution < 1.29 is 0 Å². The first kappa shape index (κ1) is 20.9. The Bertz CT molecular complexity index is 1320. The molecule has 2 aliphatic rings. The summed E-state index contributed by atoms with van der Waals surface area (Å²) in [5.41, 5.74) is 11.6. The molecule has 4 aromatic rings. The highest BCUT2D eigenvalue weighted by Gasteiger charge is 2.53. The zero-order chi connectivity index (χ0) is 23.2. The fourth-order valence-corrected chi connectivity index (χ4v) is 9.72. The lowest BCUT2D eigenvalue weighted by Crippen LogP contribution is -2.40. The highest BCUT2D eigenvalue weighted by Crippen LogP contribution is 2.62. The van der Waals surface area contributed by atoms with Crippen molar-refractivity contribution in [3.63, 3.8) is 0 Å². The van der Waals surface area contributed by atoms with E-state index >= 15 is 0 Å². The first-order valence-corrected chi connectivity index (χ1v) is 19.1. The Balaban J connectivity index is 1.85. The molecule has 0 bridgehead atoms. The Labute approximate surface area is 200 Å². The second-order valence-corrected chi connectivity index (χ2v) is 21.9. The third-order valence-electron chi connectivity index (χ3n) is 7.75. The SMILES string of the molecule is C[Si](C)(C)c1cccc2c1-c1ccccc1C21c2ccccc2-c2c1cccc2[Si](C)(C)C. The molecule has 164 valence electrons. The molecule has 0 aromatic heterocycles. The quantitative estimate of drug-likeness (QED) is 0.241. The Hall–Kier alpha value is -2.69. The Kier molecular flexibility index (Phi) is 4.23. The lowest BCUT2D eigenvalue weighted by molar-refractivity contribution is 0.794. The maximum atomic E-state index is 2.48. The standard InChI is InChI=1S/C31H32Si2/c1-32(2,3)27-19-11-17-25-29(27)21-13-7-9-15-23(21)31(25)24-16-10-8-14-22(24)30-26(31)18-12-20-28(30)33(4,5)6/h7-20H,1-6H3. The van der Waals surface area contributed by atoms with Crippen molar-refractivity contribution in [2.24, 2.45) is 0 Å². The van der Waals surface area contributed by atoms with Crippen molar-refractivity contribution in [3.8, 4) is 22.3 Å². The minimum atomic E-state index is -1.54. The van der Waals surface area contributed by atoms with Gasteiger partial charge in [-0.1, -0.05) is 135 Å². The molecule has 0 saturated heterocycles. The fraction of sp³-hybridized carbons (Fsp3) is 0.226. The Morgan fingerprint density at radius 1 is 0.424 bits per heavy atom. The Morgan fingerprint density at radius 3 is 1.18 bits per heavy atom. The van der Waals surface area contributed by atoms with Crippen LogP contribution in [0.5, 0.6) is 0 Å². The van der Waals surface area contributed by atoms with E-state index < -0.39 is 16.1 Å². The van der Waals surface area contributed by atoms with E-state index in [2.05, 4.69) is 124 Å². The van der Waals surface area contributed by atoms with Crippen LogP contribution in [0, 0.1) is 0 Å². The van der Waals surface area contributed by atoms with Gasteiger partial charge in [-0.25, -0.2) is 0 Å². The molecule has 0 heterocycles. The van der Waals surface area contributed by atoms with Gasteiger partial charge in [0.1, 0.15) is 0 Å². The van der Waals surface area contributed by atoms with Gasteiger partial charge >= 0.3 is 0 Å². The normalized spacial score (nSPS) is 15.2. The van der Waals surface area contributed by atoms with Crippen LogP contribution in [0.2, 0.25) is 39.3 Å². The molecule has 0 amide bonds. The molecule has 33 heavy (non-hydrogen) atoms. The van der Waals surface area contributed by atoms with E-state index in [1.165, 1.54) is 44.5 Å². The van der Waals surface area contributed by atoms with Gasteiger partial charge < -0.3 is 0 Å². The van der Waals surface area contributed by atoms with Gasteiger partial charge in [-0.2, -0.15) is 0 Å². The summed E-state index contributed by atoms with van der Waals surface area (Å²) >= 11 is 0. The molecule has 0 fully saturated rings. The van der Waals surface area contributed by atoms with Gasteiger partial charge in [0.25, 0.3) is 0 Å². The van der Waals surface area contributed by atoms with Gasteiger partial charge in [-0.15, -0.1) is 0 Å². The minimum Gasteiger partial charge on any atom is -0.0656 e. The van der Waals surface area contributed by atoms with Crippen LogP contribution in [0.15, 0.2) is 84.9 Å². The first-order valence-electron chi connectivity index (χ1n) is 12.1. The molecule has 2 heteroatoms. The molecular weight excluding hydrogens is 429 g/mol. The van der Waals surface area contributed by atoms with E-state index in [9.17, 15) is 0 Å². The molecule has 0 unspecified atom stereocenters. The zero-order valence-electron chi connectivity index (χ0n) is 20.6. The lowest BCUT2D eigenvalue weighted by atomic mass is 9.70. The molecule has 4 aromatic carbocycles. The van der Waals surface area contributed by atoms with Crippen molar-refractivity contribution in [1.29, 1.82) is 0 Å². The van der Waals surface area contributed by atoms with Gasteiger partial charge in [0.15, 0.2) is 0 Å². The molecule has 0 radical (unpaired) electrons. The lowest BCUT2D eigenvalue weighted by Gasteiger charge is -2.31. The van der Waals surface area contributed by atoms with Crippen LogP contribution in [0.3, 0.4) is 0 Å². The summed E-state index contributed by atoms with van der Waals surface area (Å²) in [4.78, 5) is 0. The number of benzene rings is 4. The summed E-state index contributed by atoms with van der Waals surface area (Å²) in [5, 5.41) is 3.16. The van der Waals surface area contributed by atoms with Crippen LogP contribution in [0.1, 0.15) is 22.3 Å². The summed E-state index contributed by atoms with van der Waals surface area (Å²) in [5.74, 6) is 0.